The zero-order chi connectivity index (χ0) is 16.9. The van der Waals surface area contributed by atoms with Crippen LogP contribution in [0.2, 0.25) is 0 Å². The maximum absolute atomic E-state index is 11.9. The zero-order valence-corrected chi connectivity index (χ0v) is 14.1. The van der Waals surface area contributed by atoms with Crippen molar-refractivity contribution in [3.63, 3.8) is 0 Å². The molecule has 5 nitrogen and oxygen atoms in total. The molecule has 1 atom stereocenters. The third-order valence-electron chi connectivity index (χ3n) is 2.90. The van der Waals surface area contributed by atoms with Gasteiger partial charge in [-0.05, 0) is 40.2 Å². The first-order valence-corrected chi connectivity index (χ1v) is 7.25. The molecule has 0 radical (unpaired) electrons. The molecule has 0 aromatic heterocycles. The number of alkyl carbamates (subject to hydrolysis) is 1. The summed E-state index contributed by atoms with van der Waals surface area (Å²) in [5.74, 6) is -0.495. The Hall–Kier alpha value is -2.04. The summed E-state index contributed by atoms with van der Waals surface area (Å²) in [6.07, 6.45) is -0.277. The van der Waals surface area contributed by atoms with Crippen molar-refractivity contribution in [3.8, 4) is 0 Å². The molecule has 0 heterocycles. The smallest absolute Gasteiger partial charge is 0.408 e. The molecule has 0 spiro atoms. The maximum Gasteiger partial charge on any atom is 0.408 e. The summed E-state index contributed by atoms with van der Waals surface area (Å²) in [6.45, 7) is 9.28. The molecule has 1 amide bonds. The molecule has 0 bridgehead atoms. The average molecular weight is 307 g/mol. The summed E-state index contributed by atoms with van der Waals surface area (Å²) in [7, 11) is 1.30. The van der Waals surface area contributed by atoms with Gasteiger partial charge in [-0.25, -0.2) is 9.59 Å². The first kappa shape index (κ1) is 18.0. The highest BCUT2D eigenvalue weighted by atomic mass is 16.6. The standard InChI is InChI=1S/C17H25NO4/c1-11-7-12(2)9-13(8-11)10-14(15(19)21-6)18-16(20)22-17(3,4)5/h7-9,14H,10H2,1-6H3,(H,18,20)/t14-/m0/s1. The summed E-state index contributed by atoms with van der Waals surface area (Å²) in [5.41, 5.74) is 2.56. The number of aryl methyl sites for hydroxylation is 2. The van der Waals surface area contributed by atoms with E-state index in [1.54, 1.807) is 20.8 Å². The molecule has 0 aliphatic rings. The monoisotopic (exact) mass is 307 g/mol. The summed E-state index contributed by atoms with van der Waals surface area (Å²) in [5, 5.41) is 2.58. The number of benzene rings is 1. The Kier molecular flexibility index (Phi) is 5.97. The van der Waals surface area contributed by atoms with Crippen LogP contribution in [-0.2, 0) is 20.7 Å². The normalized spacial score (nSPS) is 12.5. The molecule has 0 fully saturated rings. The van der Waals surface area contributed by atoms with Gasteiger partial charge in [0.15, 0.2) is 0 Å². The molecule has 0 unspecified atom stereocenters. The zero-order valence-electron chi connectivity index (χ0n) is 14.1. The molecular formula is C17H25NO4. The summed E-state index contributed by atoms with van der Waals surface area (Å²) >= 11 is 0. The van der Waals surface area contributed by atoms with Gasteiger partial charge in [-0.3, -0.25) is 0 Å². The highest BCUT2D eigenvalue weighted by molar-refractivity contribution is 5.81. The van der Waals surface area contributed by atoms with Gasteiger partial charge in [0.2, 0.25) is 0 Å². The van der Waals surface area contributed by atoms with Gasteiger partial charge < -0.3 is 14.8 Å². The van der Waals surface area contributed by atoms with E-state index in [-0.39, 0.29) is 0 Å². The molecule has 122 valence electrons. The molecule has 0 aliphatic heterocycles. The van der Waals surface area contributed by atoms with Crippen molar-refractivity contribution in [2.24, 2.45) is 0 Å². The molecule has 0 saturated heterocycles. The summed E-state index contributed by atoms with van der Waals surface area (Å²) < 4.78 is 9.96. The fourth-order valence-corrected chi connectivity index (χ4v) is 2.21. The van der Waals surface area contributed by atoms with Gasteiger partial charge in [0.1, 0.15) is 11.6 Å². The number of carbonyl (C=O) groups is 2. The number of ether oxygens (including phenoxy) is 2. The second kappa shape index (κ2) is 7.29. The Morgan fingerprint density at radius 3 is 2.14 bits per heavy atom. The second-order valence-electron chi connectivity index (χ2n) is 6.42. The van der Waals surface area contributed by atoms with Crippen LogP contribution < -0.4 is 5.32 Å². The van der Waals surface area contributed by atoms with Gasteiger partial charge >= 0.3 is 12.1 Å². The van der Waals surface area contributed by atoms with Gasteiger partial charge in [0.05, 0.1) is 7.11 Å². The van der Waals surface area contributed by atoms with Crippen LogP contribution >= 0.6 is 0 Å². The lowest BCUT2D eigenvalue weighted by Gasteiger charge is -2.22. The van der Waals surface area contributed by atoms with E-state index in [0.29, 0.717) is 6.42 Å². The first-order valence-electron chi connectivity index (χ1n) is 7.25. The van der Waals surface area contributed by atoms with Crippen LogP contribution in [0.5, 0.6) is 0 Å². The van der Waals surface area contributed by atoms with E-state index in [9.17, 15) is 9.59 Å². The molecular weight excluding hydrogens is 282 g/mol. The minimum absolute atomic E-state index is 0.356. The number of methoxy groups -OCH3 is 1. The number of carbonyl (C=O) groups excluding carboxylic acids is 2. The van der Waals surface area contributed by atoms with Gasteiger partial charge in [-0.15, -0.1) is 0 Å². The second-order valence-corrected chi connectivity index (χ2v) is 6.42. The van der Waals surface area contributed by atoms with Crippen molar-refractivity contribution < 1.29 is 19.1 Å². The molecule has 0 saturated carbocycles. The van der Waals surface area contributed by atoms with E-state index in [1.807, 2.05) is 26.0 Å². The Labute approximate surface area is 132 Å². The minimum Gasteiger partial charge on any atom is -0.467 e. The number of hydrogen-bond acceptors (Lipinski definition) is 4. The minimum atomic E-state index is -0.777. The third-order valence-corrected chi connectivity index (χ3v) is 2.90. The SMILES string of the molecule is COC(=O)[C@H](Cc1cc(C)cc(C)c1)NC(=O)OC(C)(C)C. The van der Waals surface area contributed by atoms with Gasteiger partial charge in [0.25, 0.3) is 0 Å². The largest absolute Gasteiger partial charge is 0.467 e. The Morgan fingerprint density at radius 1 is 1.14 bits per heavy atom. The van der Waals surface area contributed by atoms with E-state index in [1.165, 1.54) is 7.11 Å². The van der Waals surface area contributed by atoms with Crippen LogP contribution in [0.4, 0.5) is 4.79 Å². The van der Waals surface area contributed by atoms with Crippen LogP contribution in [0.15, 0.2) is 18.2 Å². The van der Waals surface area contributed by atoms with Crippen molar-refractivity contribution in [2.75, 3.05) is 7.11 Å². The third kappa shape index (κ3) is 6.16. The lowest BCUT2D eigenvalue weighted by molar-refractivity contribution is -0.143. The first-order chi connectivity index (χ1) is 10.1. The fourth-order valence-electron chi connectivity index (χ4n) is 2.21. The van der Waals surface area contributed by atoms with Crippen molar-refractivity contribution in [2.45, 2.75) is 52.7 Å². The highest BCUT2D eigenvalue weighted by Gasteiger charge is 2.25. The molecule has 1 aromatic carbocycles. The van der Waals surface area contributed by atoms with Crippen molar-refractivity contribution in [3.05, 3.63) is 34.9 Å². The summed E-state index contributed by atoms with van der Waals surface area (Å²) in [6, 6.07) is 5.25. The van der Waals surface area contributed by atoms with Gasteiger partial charge in [-0.1, -0.05) is 29.3 Å². The van der Waals surface area contributed by atoms with Crippen LogP contribution in [0, 0.1) is 13.8 Å². The Bertz CT molecular complexity index is 526. The van der Waals surface area contributed by atoms with Crippen LogP contribution in [0.1, 0.15) is 37.5 Å². The summed E-state index contributed by atoms with van der Waals surface area (Å²) in [4.78, 5) is 23.8. The molecule has 0 aliphatic carbocycles. The predicted molar refractivity (Wildman–Crippen MR) is 84.8 cm³/mol. The lowest BCUT2D eigenvalue weighted by Crippen LogP contribution is -2.45. The van der Waals surface area contributed by atoms with Crippen LogP contribution in [0.3, 0.4) is 0 Å². The van der Waals surface area contributed by atoms with Crippen LogP contribution in [-0.4, -0.2) is 30.8 Å². The number of esters is 1. The maximum atomic E-state index is 11.9. The van der Waals surface area contributed by atoms with Gasteiger partial charge in [-0.2, -0.15) is 0 Å². The predicted octanol–water partition coefficient (Wildman–Crippen LogP) is 2.91. The highest BCUT2D eigenvalue weighted by Crippen LogP contribution is 2.12. The van der Waals surface area contributed by atoms with Gasteiger partial charge in [0, 0.05) is 6.42 Å². The van der Waals surface area contributed by atoms with E-state index < -0.39 is 23.7 Å². The number of amides is 1. The lowest BCUT2D eigenvalue weighted by atomic mass is 10.0. The molecule has 22 heavy (non-hydrogen) atoms. The van der Waals surface area contributed by atoms with Crippen molar-refractivity contribution >= 4 is 12.1 Å². The fraction of sp³-hybridized carbons (Fsp3) is 0.529. The van der Waals surface area contributed by atoms with E-state index in [2.05, 4.69) is 11.4 Å². The van der Waals surface area contributed by atoms with E-state index in [4.69, 9.17) is 9.47 Å². The van der Waals surface area contributed by atoms with E-state index in [0.717, 1.165) is 16.7 Å². The molecule has 5 heteroatoms. The Morgan fingerprint density at radius 2 is 1.68 bits per heavy atom. The average Bonchev–Trinajstić information content (AvgIpc) is 2.33. The number of nitrogens with one attached hydrogen (secondary N) is 1. The Balaban J connectivity index is 2.85. The van der Waals surface area contributed by atoms with E-state index >= 15 is 0 Å². The molecule has 1 rings (SSSR count). The number of rotatable bonds is 4. The van der Waals surface area contributed by atoms with Crippen molar-refractivity contribution in [1.29, 1.82) is 0 Å². The quantitative estimate of drug-likeness (QED) is 0.869. The van der Waals surface area contributed by atoms with Crippen LogP contribution in [0.25, 0.3) is 0 Å². The molecule has 1 aromatic rings. The van der Waals surface area contributed by atoms with Crippen molar-refractivity contribution in [1.82, 2.24) is 5.32 Å². The molecule has 1 N–H and O–H groups in total. The topological polar surface area (TPSA) is 64.6 Å². The number of hydrogen-bond donors (Lipinski definition) is 1.